The molecular formula is C12H10N2O4S. The molecule has 1 heterocycles. The molecule has 1 aromatic carbocycles. The van der Waals surface area contributed by atoms with Gasteiger partial charge in [0.05, 0.1) is 12.3 Å². The van der Waals surface area contributed by atoms with Crippen LogP contribution in [0.15, 0.2) is 24.3 Å². The minimum Gasteiger partial charge on any atom is -0.329 e. The van der Waals surface area contributed by atoms with Crippen LogP contribution < -0.4 is 5.32 Å². The maximum absolute atomic E-state index is 11.9. The van der Waals surface area contributed by atoms with Crippen LogP contribution in [0.2, 0.25) is 0 Å². The zero-order valence-electron chi connectivity index (χ0n) is 9.79. The number of anilines is 1. The number of hydrogen-bond acceptors (Lipinski definition) is 5. The molecule has 6 nitrogen and oxygen atoms in total. The summed E-state index contributed by atoms with van der Waals surface area (Å²) in [6.07, 6.45) is 0.537. The first-order valence-corrected chi connectivity index (χ1v) is 6.41. The van der Waals surface area contributed by atoms with Crippen LogP contribution in [0, 0.1) is 0 Å². The Morgan fingerprint density at radius 2 is 2.00 bits per heavy atom. The van der Waals surface area contributed by atoms with Gasteiger partial charge in [0.25, 0.3) is 5.24 Å². The summed E-state index contributed by atoms with van der Waals surface area (Å²) in [6.45, 7) is -0.245. The summed E-state index contributed by atoms with van der Waals surface area (Å²) in [4.78, 5) is 45.8. The fraction of sp³-hybridized carbons (Fsp3) is 0.167. The van der Waals surface area contributed by atoms with Crippen LogP contribution in [-0.4, -0.2) is 40.5 Å². The Balaban J connectivity index is 2.05. The summed E-state index contributed by atoms with van der Waals surface area (Å²) in [5.74, 6) is -0.571. The summed E-state index contributed by atoms with van der Waals surface area (Å²) in [7, 11) is 0. The Morgan fingerprint density at radius 1 is 1.32 bits per heavy atom. The highest BCUT2D eigenvalue weighted by atomic mass is 32.2. The molecule has 0 aliphatic carbocycles. The molecule has 19 heavy (non-hydrogen) atoms. The van der Waals surface area contributed by atoms with E-state index in [4.69, 9.17) is 0 Å². The van der Waals surface area contributed by atoms with Crippen LogP contribution in [-0.2, 0) is 9.59 Å². The predicted octanol–water partition coefficient (Wildman–Crippen LogP) is 1.13. The number of hydrogen-bond donors (Lipinski definition) is 1. The summed E-state index contributed by atoms with van der Waals surface area (Å²) in [5, 5.41) is 2.06. The highest BCUT2D eigenvalue weighted by Gasteiger charge is 2.31. The molecule has 0 bridgehead atoms. The Labute approximate surface area is 113 Å². The van der Waals surface area contributed by atoms with Crippen LogP contribution in [0.25, 0.3) is 0 Å². The van der Waals surface area contributed by atoms with Crippen molar-refractivity contribution >= 4 is 40.8 Å². The van der Waals surface area contributed by atoms with Crippen molar-refractivity contribution in [3.05, 3.63) is 29.8 Å². The number of imide groups is 1. The molecule has 2 rings (SSSR count). The van der Waals surface area contributed by atoms with E-state index in [2.05, 4.69) is 5.32 Å². The smallest absolute Gasteiger partial charge is 0.289 e. The number of benzene rings is 1. The van der Waals surface area contributed by atoms with E-state index >= 15 is 0 Å². The van der Waals surface area contributed by atoms with E-state index in [1.165, 1.54) is 12.1 Å². The lowest BCUT2D eigenvalue weighted by Crippen LogP contribution is -2.33. The summed E-state index contributed by atoms with van der Waals surface area (Å²) in [5.41, 5.74) is 0.948. The largest absolute Gasteiger partial charge is 0.329 e. The molecule has 1 aliphatic heterocycles. The SMILES string of the molecule is O=CNc1ccc(C(=O)CN2C(=O)CSC2=O)cc1. The maximum Gasteiger partial charge on any atom is 0.289 e. The van der Waals surface area contributed by atoms with E-state index in [9.17, 15) is 19.2 Å². The number of ketones is 1. The minimum absolute atomic E-state index is 0.0916. The Bertz CT molecular complexity index is 525. The van der Waals surface area contributed by atoms with E-state index in [1.807, 2.05) is 0 Å². The van der Waals surface area contributed by atoms with Gasteiger partial charge in [-0.1, -0.05) is 11.8 Å². The van der Waals surface area contributed by atoms with Crippen molar-refractivity contribution in [1.29, 1.82) is 0 Å². The second-order valence-electron chi connectivity index (χ2n) is 3.80. The van der Waals surface area contributed by atoms with Crippen LogP contribution in [0.5, 0.6) is 0 Å². The third kappa shape index (κ3) is 3.00. The van der Waals surface area contributed by atoms with Crippen molar-refractivity contribution in [3.8, 4) is 0 Å². The average Bonchev–Trinajstić information content (AvgIpc) is 2.72. The van der Waals surface area contributed by atoms with Crippen molar-refractivity contribution in [2.45, 2.75) is 0 Å². The molecule has 0 spiro atoms. The quantitative estimate of drug-likeness (QED) is 0.645. The molecule has 0 saturated carbocycles. The molecule has 3 amide bonds. The van der Waals surface area contributed by atoms with Crippen LogP contribution in [0.1, 0.15) is 10.4 Å². The highest BCUT2D eigenvalue weighted by molar-refractivity contribution is 8.14. The van der Waals surface area contributed by atoms with Gasteiger partial charge in [0, 0.05) is 11.3 Å². The molecule has 0 radical (unpaired) electrons. The van der Waals surface area contributed by atoms with Gasteiger partial charge >= 0.3 is 0 Å². The number of amides is 3. The van der Waals surface area contributed by atoms with Gasteiger partial charge in [-0.3, -0.25) is 24.1 Å². The van der Waals surface area contributed by atoms with Crippen molar-refractivity contribution in [1.82, 2.24) is 4.90 Å². The zero-order chi connectivity index (χ0) is 13.8. The van der Waals surface area contributed by atoms with Gasteiger partial charge in [0.15, 0.2) is 5.78 Å². The van der Waals surface area contributed by atoms with Crippen LogP contribution in [0.3, 0.4) is 0 Å². The molecule has 7 heteroatoms. The average molecular weight is 278 g/mol. The predicted molar refractivity (Wildman–Crippen MR) is 70.0 cm³/mol. The maximum atomic E-state index is 11.9. The van der Waals surface area contributed by atoms with Gasteiger partial charge in [0.2, 0.25) is 12.3 Å². The van der Waals surface area contributed by atoms with Crippen molar-refractivity contribution in [3.63, 3.8) is 0 Å². The molecule has 0 unspecified atom stereocenters. The fourth-order valence-electron chi connectivity index (χ4n) is 1.59. The van der Waals surface area contributed by atoms with E-state index < -0.39 is 5.24 Å². The first-order chi connectivity index (χ1) is 9.11. The molecule has 0 aromatic heterocycles. The molecule has 1 saturated heterocycles. The first kappa shape index (κ1) is 13.3. The van der Waals surface area contributed by atoms with Gasteiger partial charge in [-0.25, -0.2) is 0 Å². The first-order valence-electron chi connectivity index (χ1n) is 5.42. The third-order valence-corrected chi connectivity index (χ3v) is 3.43. The lowest BCUT2D eigenvalue weighted by molar-refractivity contribution is -0.124. The normalized spacial score (nSPS) is 14.6. The van der Waals surface area contributed by atoms with Crippen molar-refractivity contribution in [2.24, 2.45) is 0 Å². The minimum atomic E-state index is -0.391. The van der Waals surface area contributed by atoms with Crippen molar-refractivity contribution in [2.75, 3.05) is 17.6 Å². The Hall–Kier alpha value is -2.15. The number of Topliss-reactive ketones (excluding diaryl/α,β-unsaturated/α-hetero) is 1. The molecule has 1 fully saturated rings. The summed E-state index contributed by atoms with van der Waals surface area (Å²) >= 11 is 0.896. The Kier molecular flexibility index (Phi) is 3.96. The molecule has 98 valence electrons. The van der Waals surface area contributed by atoms with E-state index in [0.717, 1.165) is 16.7 Å². The number of thioether (sulfide) groups is 1. The number of nitrogens with one attached hydrogen (secondary N) is 1. The molecular weight excluding hydrogens is 268 g/mol. The van der Waals surface area contributed by atoms with Gasteiger partial charge in [-0.15, -0.1) is 0 Å². The van der Waals surface area contributed by atoms with Crippen LogP contribution >= 0.6 is 11.8 Å². The van der Waals surface area contributed by atoms with E-state index in [0.29, 0.717) is 17.7 Å². The lowest BCUT2D eigenvalue weighted by Gasteiger charge is -2.11. The number of carbonyl (C=O) groups excluding carboxylic acids is 4. The topological polar surface area (TPSA) is 83.6 Å². The fourth-order valence-corrected chi connectivity index (χ4v) is 2.31. The van der Waals surface area contributed by atoms with Gasteiger partial charge < -0.3 is 5.32 Å². The van der Waals surface area contributed by atoms with E-state index in [1.54, 1.807) is 12.1 Å². The highest BCUT2D eigenvalue weighted by Crippen LogP contribution is 2.19. The molecule has 1 aromatic rings. The number of nitrogens with zero attached hydrogens (tertiary/aromatic N) is 1. The lowest BCUT2D eigenvalue weighted by atomic mass is 10.1. The number of rotatable bonds is 5. The van der Waals surface area contributed by atoms with E-state index in [-0.39, 0.29) is 24.0 Å². The van der Waals surface area contributed by atoms with Gasteiger partial charge in [-0.2, -0.15) is 0 Å². The van der Waals surface area contributed by atoms with Gasteiger partial charge in [0.1, 0.15) is 0 Å². The molecule has 1 N–H and O–H groups in total. The third-order valence-electron chi connectivity index (χ3n) is 2.57. The summed E-state index contributed by atoms with van der Waals surface area (Å²) < 4.78 is 0. The van der Waals surface area contributed by atoms with Crippen molar-refractivity contribution < 1.29 is 19.2 Å². The van der Waals surface area contributed by atoms with Gasteiger partial charge in [-0.05, 0) is 24.3 Å². The monoisotopic (exact) mass is 278 g/mol. The molecule has 1 aliphatic rings. The second kappa shape index (κ2) is 5.66. The second-order valence-corrected chi connectivity index (χ2v) is 4.72. The summed E-state index contributed by atoms with van der Waals surface area (Å²) in [6, 6.07) is 6.21. The Morgan fingerprint density at radius 3 is 2.53 bits per heavy atom. The van der Waals surface area contributed by atoms with Crippen LogP contribution in [0.4, 0.5) is 10.5 Å². The molecule has 0 atom stereocenters. The standard InChI is InChI=1S/C12H10N2O4S/c15-7-13-9-3-1-8(2-4-9)10(16)5-14-11(17)6-19-12(14)18/h1-4,7H,5-6H2,(H,13,15). The number of carbonyl (C=O) groups is 4. The zero-order valence-corrected chi connectivity index (χ0v) is 10.6.